The number of hydrogen-bond donors (Lipinski definition) is 1. The Morgan fingerprint density at radius 3 is 2.71 bits per heavy atom. The van der Waals surface area contributed by atoms with Gasteiger partial charge in [-0.2, -0.15) is 0 Å². The molecule has 0 aliphatic heterocycles. The van der Waals surface area contributed by atoms with Gasteiger partial charge in [-0.3, -0.25) is 9.69 Å². The Morgan fingerprint density at radius 1 is 1.53 bits per heavy atom. The molecule has 1 aromatic rings. The minimum atomic E-state index is -1.36. The van der Waals surface area contributed by atoms with E-state index < -0.39 is 5.60 Å². The van der Waals surface area contributed by atoms with Crippen LogP contribution in [0, 0.1) is 5.82 Å². The lowest BCUT2D eigenvalue weighted by Crippen LogP contribution is -2.44. The molecule has 0 amide bonds. The number of carbonyl (C=O) groups is 1. The zero-order valence-electron chi connectivity index (χ0n) is 10.4. The Balaban J connectivity index is 2.61. The van der Waals surface area contributed by atoms with Gasteiger partial charge in [0.1, 0.15) is 11.4 Å². The Morgan fingerprint density at radius 2 is 2.18 bits per heavy atom. The zero-order chi connectivity index (χ0) is 13.1. The largest absolute Gasteiger partial charge is 0.381 e. The van der Waals surface area contributed by atoms with E-state index in [9.17, 15) is 14.3 Å². The number of ketones is 1. The van der Waals surface area contributed by atoms with Gasteiger partial charge in [-0.15, -0.1) is 0 Å². The van der Waals surface area contributed by atoms with Crippen molar-refractivity contribution in [2.75, 3.05) is 13.6 Å². The van der Waals surface area contributed by atoms with Crippen molar-refractivity contribution in [1.29, 1.82) is 0 Å². The lowest BCUT2D eigenvalue weighted by molar-refractivity contribution is -0.135. The van der Waals surface area contributed by atoms with Crippen molar-refractivity contribution in [3.63, 3.8) is 0 Å². The predicted molar refractivity (Wildman–Crippen MR) is 64.0 cm³/mol. The number of halogens is 1. The zero-order valence-corrected chi connectivity index (χ0v) is 10.4. The number of hydrogen-bond acceptors (Lipinski definition) is 3. The second-order valence-corrected chi connectivity index (χ2v) is 4.63. The van der Waals surface area contributed by atoms with Crippen LogP contribution in [0.5, 0.6) is 0 Å². The van der Waals surface area contributed by atoms with Gasteiger partial charge >= 0.3 is 0 Å². The number of carbonyl (C=O) groups excluding carboxylic acids is 1. The molecular formula is C13H18FNO2. The van der Waals surface area contributed by atoms with Gasteiger partial charge in [-0.1, -0.05) is 12.1 Å². The lowest BCUT2D eigenvalue weighted by Gasteiger charge is -2.26. The van der Waals surface area contributed by atoms with E-state index in [1.54, 1.807) is 18.0 Å². The number of rotatable bonds is 5. The lowest BCUT2D eigenvalue weighted by atomic mass is 10.0. The van der Waals surface area contributed by atoms with Crippen molar-refractivity contribution < 1.29 is 14.3 Å². The molecule has 1 atom stereocenters. The molecule has 94 valence electrons. The van der Waals surface area contributed by atoms with E-state index in [1.165, 1.54) is 26.0 Å². The molecule has 17 heavy (non-hydrogen) atoms. The average Bonchev–Trinajstić information content (AvgIpc) is 2.15. The van der Waals surface area contributed by atoms with Crippen LogP contribution in [-0.2, 0) is 11.3 Å². The summed E-state index contributed by atoms with van der Waals surface area (Å²) in [6, 6.07) is 6.28. The summed E-state index contributed by atoms with van der Waals surface area (Å²) in [5, 5.41) is 9.83. The van der Waals surface area contributed by atoms with Gasteiger partial charge in [0.2, 0.25) is 0 Å². The molecule has 1 rings (SSSR count). The summed E-state index contributed by atoms with van der Waals surface area (Å²) in [5.41, 5.74) is -0.547. The van der Waals surface area contributed by atoms with Crippen LogP contribution in [0.2, 0.25) is 0 Å². The van der Waals surface area contributed by atoms with Crippen molar-refractivity contribution in [3.8, 4) is 0 Å². The maximum absolute atomic E-state index is 13.0. The molecular weight excluding hydrogens is 221 g/mol. The Hall–Kier alpha value is -1.26. The van der Waals surface area contributed by atoms with E-state index in [1.807, 2.05) is 6.07 Å². The monoisotopic (exact) mass is 239 g/mol. The third-order valence-corrected chi connectivity index (χ3v) is 2.68. The molecule has 0 saturated carbocycles. The molecule has 0 heterocycles. The summed E-state index contributed by atoms with van der Waals surface area (Å²) >= 11 is 0. The number of Topliss-reactive ketones (excluding diaryl/α,β-unsaturated/α-hetero) is 1. The normalized spacial score (nSPS) is 14.7. The summed E-state index contributed by atoms with van der Waals surface area (Å²) in [6.45, 7) is 3.55. The molecule has 0 bridgehead atoms. The van der Waals surface area contributed by atoms with Gasteiger partial charge in [-0.25, -0.2) is 4.39 Å². The number of aliphatic hydroxyl groups is 1. The molecule has 0 spiro atoms. The standard InChI is InChI=1S/C13H18FNO2/c1-10(16)13(2,17)9-15(3)8-11-5-4-6-12(14)7-11/h4-7,17H,8-9H2,1-3H3/t13-/m0/s1. The van der Waals surface area contributed by atoms with E-state index in [4.69, 9.17) is 0 Å². The first-order valence-electron chi connectivity index (χ1n) is 5.47. The van der Waals surface area contributed by atoms with Crippen LogP contribution in [-0.4, -0.2) is 35.0 Å². The minimum absolute atomic E-state index is 0.221. The highest BCUT2D eigenvalue weighted by molar-refractivity contribution is 5.84. The molecule has 0 unspecified atom stereocenters. The Labute approximate surface area is 101 Å². The van der Waals surface area contributed by atoms with Crippen molar-refractivity contribution in [3.05, 3.63) is 35.6 Å². The highest BCUT2D eigenvalue weighted by Gasteiger charge is 2.27. The predicted octanol–water partition coefficient (Wildman–Crippen LogP) is 1.60. The van der Waals surface area contributed by atoms with Crippen molar-refractivity contribution in [1.82, 2.24) is 4.90 Å². The van der Waals surface area contributed by atoms with Crippen LogP contribution < -0.4 is 0 Å². The van der Waals surface area contributed by atoms with E-state index in [2.05, 4.69) is 0 Å². The summed E-state index contributed by atoms with van der Waals surface area (Å²) in [7, 11) is 1.78. The number of benzene rings is 1. The van der Waals surface area contributed by atoms with Gasteiger partial charge < -0.3 is 5.11 Å². The topological polar surface area (TPSA) is 40.5 Å². The van der Waals surface area contributed by atoms with Crippen LogP contribution >= 0.6 is 0 Å². The number of likely N-dealkylation sites (N-methyl/N-ethyl adjacent to an activating group) is 1. The van der Waals surface area contributed by atoms with E-state index in [0.29, 0.717) is 6.54 Å². The quantitative estimate of drug-likeness (QED) is 0.848. The minimum Gasteiger partial charge on any atom is -0.381 e. The first kappa shape index (κ1) is 13.8. The Kier molecular flexibility index (Phi) is 4.37. The maximum Gasteiger partial charge on any atom is 0.162 e. The van der Waals surface area contributed by atoms with Crippen LogP contribution in [0.3, 0.4) is 0 Å². The van der Waals surface area contributed by atoms with Gasteiger partial charge in [0, 0.05) is 13.1 Å². The van der Waals surface area contributed by atoms with Crippen LogP contribution in [0.15, 0.2) is 24.3 Å². The van der Waals surface area contributed by atoms with Crippen molar-refractivity contribution in [2.45, 2.75) is 26.0 Å². The maximum atomic E-state index is 13.0. The average molecular weight is 239 g/mol. The first-order valence-corrected chi connectivity index (χ1v) is 5.47. The molecule has 4 heteroatoms. The van der Waals surface area contributed by atoms with Crippen molar-refractivity contribution in [2.24, 2.45) is 0 Å². The molecule has 1 aromatic carbocycles. The summed E-state index contributed by atoms with van der Waals surface area (Å²) in [6.07, 6.45) is 0. The third kappa shape index (κ3) is 4.24. The van der Waals surface area contributed by atoms with Crippen LogP contribution in [0.25, 0.3) is 0 Å². The van der Waals surface area contributed by atoms with E-state index in [-0.39, 0.29) is 18.1 Å². The summed E-state index contributed by atoms with van der Waals surface area (Å²) < 4.78 is 13.0. The molecule has 0 radical (unpaired) electrons. The van der Waals surface area contributed by atoms with E-state index in [0.717, 1.165) is 5.56 Å². The fourth-order valence-electron chi connectivity index (χ4n) is 1.64. The molecule has 0 aromatic heterocycles. The smallest absolute Gasteiger partial charge is 0.162 e. The summed E-state index contributed by atoms with van der Waals surface area (Å²) in [5.74, 6) is -0.558. The molecule has 1 N–H and O–H groups in total. The summed E-state index contributed by atoms with van der Waals surface area (Å²) in [4.78, 5) is 13.0. The first-order chi connectivity index (χ1) is 7.81. The SMILES string of the molecule is CC(=O)[C@@](C)(O)CN(C)Cc1cccc(F)c1. The molecule has 0 saturated heterocycles. The van der Waals surface area contributed by atoms with Gasteiger partial charge in [0.25, 0.3) is 0 Å². The van der Waals surface area contributed by atoms with Crippen LogP contribution in [0.4, 0.5) is 4.39 Å². The van der Waals surface area contributed by atoms with Gasteiger partial charge in [-0.05, 0) is 38.6 Å². The van der Waals surface area contributed by atoms with E-state index >= 15 is 0 Å². The molecule has 0 fully saturated rings. The highest BCUT2D eigenvalue weighted by atomic mass is 19.1. The Bertz CT molecular complexity index is 404. The van der Waals surface area contributed by atoms with Crippen LogP contribution in [0.1, 0.15) is 19.4 Å². The fraction of sp³-hybridized carbons (Fsp3) is 0.462. The van der Waals surface area contributed by atoms with Gasteiger partial charge in [0.15, 0.2) is 5.78 Å². The highest BCUT2D eigenvalue weighted by Crippen LogP contribution is 2.11. The molecule has 0 aliphatic rings. The third-order valence-electron chi connectivity index (χ3n) is 2.68. The number of nitrogens with zero attached hydrogens (tertiary/aromatic N) is 1. The molecule has 3 nitrogen and oxygen atoms in total. The van der Waals surface area contributed by atoms with Crippen molar-refractivity contribution >= 4 is 5.78 Å². The second-order valence-electron chi connectivity index (χ2n) is 4.63. The molecule has 0 aliphatic carbocycles. The fourth-order valence-corrected chi connectivity index (χ4v) is 1.64. The second kappa shape index (κ2) is 5.38. The van der Waals surface area contributed by atoms with Gasteiger partial charge in [0.05, 0.1) is 0 Å².